The number of methoxy groups -OCH3 is 1. The molecule has 0 heterocycles. The van der Waals surface area contributed by atoms with Gasteiger partial charge in [0, 0.05) is 20.3 Å². The summed E-state index contributed by atoms with van der Waals surface area (Å²) in [6.45, 7) is 2.10. The third kappa shape index (κ3) is 7.42. The monoisotopic (exact) mass is 292 g/mol. The van der Waals surface area contributed by atoms with E-state index in [-0.39, 0.29) is 12.5 Å². The van der Waals surface area contributed by atoms with E-state index in [0.717, 1.165) is 0 Å². The molecule has 0 unspecified atom stereocenters. The first-order chi connectivity index (χ1) is 10.3. The fourth-order valence-electron chi connectivity index (χ4n) is 1.55. The lowest BCUT2D eigenvalue weighted by Gasteiger charge is -2.08. The highest BCUT2D eigenvalue weighted by molar-refractivity contribution is 5.92. The van der Waals surface area contributed by atoms with Crippen molar-refractivity contribution in [2.24, 2.45) is 0 Å². The van der Waals surface area contributed by atoms with Crippen molar-refractivity contribution in [2.45, 2.75) is 6.42 Å². The summed E-state index contributed by atoms with van der Waals surface area (Å²) in [4.78, 5) is 11.7. The van der Waals surface area contributed by atoms with E-state index in [1.807, 2.05) is 6.07 Å². The van der Waals surface area contributed by atoms with E-state index in [0.29, 0.717) is 44.1 Å². The van der Waals surface area contributed by atoms with Crippen LogP contribution in [0.15, 0.2) is 24.3 Å². The van der Waals surface area contributed by atoms with Crippen molar-refractivity contribution in [1.82, 2.24) is 0 Å². The zero-order valence-corrected chi connectivity index (χ0v) is 12.1. The van der Waals surface area contributed by atoms with Crippen LogP contribution in [0.25, 0.3) is 0 Å². The number of nitrogens with zero attached hydrogens (tertiary/aromatic N) is 1. The zero-order valence-electron chi connectivity index (χ0n) is 12.1. The molecule has 1 aromatic rings. The van der Waals surface area contributed by atoms with Gasteiger partial charge >= 0.3 is 0 Å². The molecule has 21 heavy (non-hydrogen) atoms. The minimum Gasteiger partial charge on any atom is -0.382 e. The van der Waals surface area contributed by atoms with E-state index in [1.54, 1.807) is 31.4 Å². The standard InChI is InChI=1S/C15H20N2O4/c1-19-9-10-20-7-4-8-21-12-15(18)17-14-6-3-2-5-13(14)11-16/h2-3,5-6H,4,7-10,12H2,1H3,(H,17,18). The van der Waals surface area contributed by atoms with Crippen molar-refractivity contribution < 1.29 is 19.0 Å². The van der Waals surface area contributed by atoms with E-state index in [4.69, 9.17) is 19.5 Å². The molecule has 0 aromatic heterocycles. The van der Waals surface area contributed by atoms with Crippen molar-refractivity contribution in [3.63, 3.8) is 0 Å². The van der Waals surface area contributed by atoms with Gasteiger partial charge in [0.25, 0.3) is 0 Å². The van der Waals surface area contributed by atoms with Gasteiger partial charge in [0.2, 0.25) is 5.91 Å². The van der Waals surface area contributed by atoms with Crippen molar-refractivity contribution in [1.29, 1.82) is 5.26 Å². The third-order valence-electron chi connectivity index (χ3n) is 2.56. The minimum absolute atomic E-state index is 0.0438. The predicted molar refractivity (Wildman–Crippen MR) is 77.9 cm³/mol. The largest absolute Gasteiger partial charge is 0.382 e. The number of rotatable bonds is 10. The van der Waals surface area contributed by atoms with Gasteiger partial charge < -0.3 is 19.5 Å². The summed E-state index contributed by atoms with van der Waals surface area (Å²) in [7, 11) is 1.62. The number of nitriles is 1. The molecule has 0 aliphatic carbocycles. The summed E-state index contributed by atoms with van der Waals surface area (Å²) < 4.78 is 15.4. The average Bonchev–Trinajstić information content (AvgIpc) is 2.50. The van der Waals surface area contributed by atoms with Gasteiger partial charge in [0.1, 0.15) is 12.7 Å². The summed E-state index contributed by atoms with van der Waals surface area (Å²) in [5, 5.41) is 11.6. The number of nitrogens with one attached hydrogen (secondary N) is 1. The Kier molecular flexibility index (Phi) is 8.80. The number of carbonyl (C=O) groups is 1. The molecule has 0 spiro atoms. The number of hydrogen-bond donors (Lipinski definition) is 1. The molecule has 6 heteroatoms. The van der Waals surface area contributed by atoms with Crippen LogP contribution in [0.4, 0.5) is 5.69 Å². The Bertz CT molecular complexity index is 471. The molecule has 0 fully saturated rings. The summed E-state index contributed by atoms with van der Waals surface area (Å²) in [5.41, 5.74) is 0.925. The van der Waals surface area contributed by atoms with Crippen LogP contribution in [0.5, 0.6) is 0 Å². The van der Waals surface area contributed by atoms with E-state index in [1.165, 1.54) is 0 Å². The Balaban J connectivity index is 2.13. The van der Waals surface area contributed by atoms with Gasteiger partial charge in [-0.15, -0.1) is 0 Å². The molecule has 114 valence electrons. The molecule has 0 radical (unpaired) electrons. The van der Waals surface area contributed by atoms with Crippen LogP contribution >= 0.6 is 0 Å². The molecule has 6 nitrogen and oxygen atoms in total. The Labute approximate surface area is 124 Å². The highest BCUT2D eigenvalue weighted by Gasteiger charge is 2.05. The van der Waals surface area contributed by atoms with Crippen molar-refractivity contribution in [3.8, 4) is 6.07 Å². The number of hydrogen-bond acceptors (Lipinski definition) is 5. The Morgan fingerprint density at radius 3 is 2.71 bits per heavy atom. The van der Waals surface area contributed by atoms with Gasteiger partial charge in [-0.25, -0.2) is 0 Å². The predicted octanol–water partition coefficient (Wildman–Crippen LogP) is 1.57. The number of anilines is 1. The van der Waals surface area contributed by atoms with Gasteiger partial charge in [-0.3, -0.25) is 4.79 Å². The van der Waals surface area contributed by atoms with Gasteiger partial charge in [0.05, 0.1) is 24.5 Å². The highest BCUT2D eigenvalue weighted by Crippen LogP contribution is 2.13. The van der Waals surface area contributed by atoms with Crippen LogP contribution in [0.1, 0.15) is 12.0 Å². The SMILES string of the molecule is COCCOCCCOCC(=O)Nc1ccccc1C#N. The molecule has 1 aromatic carbocycles. The number of benzene rings is 1. The lowest BCUT2D eigenvalue weighted by atomic mass is 10.2. The smallest absolute Gasteiger partial charge is 0.250 e. The first-order valence-electron chi connectivity index (χ1n) is 6.71. The molecule has 0 atom stereocenters. The quantitative estimate of drug-likeness (QED) is 0.662. The maximum absolute atomic E-state index is 11.7. The molecular formula is C15H20N2O4. The summed E-state index contributed by atoms with van der Waals surface area (Å²) in [6, 6.07) is 8.85. The number of para-hydroxylation sites is 1. The van der Waals surface area contributed by atoms with Crippen LogP contribution in [-0.2, 0) is 19.0 Å². The van der Waals surface area contributed by atoms with Crippen LogP contribution < -0.4 is 5.32 Å². The molecule has 0 bridgehead atoms. The van der Waals surface area contributed by atoms with Gasteiger partial charge in [-0.2, -0.15) is 5.26 Å². The molecule has 1 rings (SSSR count). The van der Waals surface area contributed by atoms with Crippen LogP contribution in [0.3, 0.4) is 0 Å². The number of amides is 1. The van der Waals surface area contributed by atoms with Crippen molar-refractivity contribution >= 4 is 11.6 Å². The minimum atomic E-state index is -0.280. The summed E-state index contributed by atoms with van der Waals surface area (Å²) in [6.07, 6.45) is 0.714. The zero-order chi connectivity index (χ0) is 15.3. The van der Waals surface area contributed by atoms with E-state index in [9.17, 15) is 4.79 Å². The molecule has 0 saturated carbocycles. The molecule has 0 aliphatic heterocycles. The second kappa shape index (κ2) is 10.8. The van der Waals surface area contributed by atoms with E-state index >= 15 is 0 Å². The van der Waals surface area contributed by atoms with Crippen molar-refractivity contribution in [3.05, 3.63) is 29.8 Å². The maximum Gasteiger partial charge on any atom is 0.250 e. The second-order valence-electron chi connectivity index (χ2n) is 4.22. The van der Waals surface area contributed by atoms with Gasteiger partial charge in [-0.05, 0) is 18.6 Å². The lowest BCUT2D eigenvalue weighted by molar-refractivity contribution is -0.120. The van der Waals surface area contributed by atoms with Crippen LogP contribution in [0.2, 0.25) is 0 Å². The molecule has 1 amide bonds. The molecule has 1 N–H and O–H groups in total. The summed E-state index contributed by atoms with van der Waals surface area (Å²) in [5.74, 6) is -0.280. The molecule has 0 aliphatic rings. The van der Waals surface area contributed by atoms with Gasteiger partial charge in [-0.1, -0.05) is 12.1 Å². The fourth-order valence-corrected chi connectivity index (χ4v) is 1.55. The van der Waals surface area contributed by atoms with E-state index < -0.39 is 0 Å². The molecule has 0 saturated heterocycles. The highest BCUT2D eigenvalue weighted by atomic mass is 16.5. The topological polar surface area (TPSA) is 80.6 Å². The van der Waals surface area contributed by atoms with E-state index in [2.05, 4.69) is 5.32 Å². The summed E-state index contributed by atoms with van der Waals surface area (Å²) >= 11 is 0. The fraction of sp³-hybridized carbons (Fsp3) is 0.467. The first-order valence-corrected chi connectivity index (χ1v) is 6.71. The third-order valence-corrected chi connectivity index (χ3v) is 2.56. The molecular weight excluding hydrogens is 272 g/mol. The maximum atomic E-state index is 11.7. The van der Waals surface area contributed by atoms with Gasteiger partial charge in [0.15, 0.2) is 0 Å². The lowest BCUT2D eigenvalue weighted by Crippen LogP contribution is -2.19. The van der Waals surface area contributed by atoms with Crippen molar-refractivity contribution in [2.75, 3.05) is 45.5 Å². The Morgan fingerprint density at radius 1 is 1.19 bits per heavy atom. The van der Waals surface area contributed by atoms with Crippen LogP contribution in [-0.4, -0.2) is 46.1 Å². The Hall–Kier alpha value is -1.94. The second-order valence-corrected chi connectivity index (χ2v) is 4.22. The van der Waals surface area contributed by atoms with Crippen LogP contribution in [0, 0.1) is 11.3 Å². The first kappa shape index (κ1) is 17.1. The number of carbonyl (C=O) groups excluding carboxylic acids is 1. The average molecular weight is 292 g/mol. The number of ether oxygens (including phenoxy) is 3. The normalized spacial score (nSPS) is 10.1. The Morgan fingerprint density at radius 2 is 1.95 bits per heavy atom.